The van der Waals surface area contributed by atoms with E-state index in [0.29, 0.717) is 24.2 Å². The van der Waals surface area contributed by atoms with Crippen LogP contribution in [0.2, 0.25) is 0 Å². The van der Waals surface area contributed by atoms with Crippen molar-refractivity contribution in [2.24, 2.45) is 11.8 Å². The minimum Gasteiger partial charge on any atom is -0.396 e. The first-order chi connectivity index (χ1) is 7.17. The summed E-state index contributed by atoms with van der Waals surface area (Å²) in [6.07, 6.45) is 3.67. The number of hydrogen-bond donors (Lipinski definition) is 1. The predicted molar refractivity (Wildman–Crippen MR) is 60.5 cm³/mol. The van der Waals surface area contributed by atoms with Crippen LogP contribution in [0.3, 0.4) is 0 Å². The summed E-state index contributed by atoms with van der Waals surface area (Å²) in [4.78, 5) is 13.8. The Morgan fingerprint density at radius 3 is 2.53 bits per heavy atom. The lowest BCUT2D eigenvalue weighted by molar-refractivity contribution is -0.133. The monoisotopic (exact) mass is 213 g/mol. The van der Waals surface area contributed by atoms with E-state index in [4.69, 9.17) is 5.11 Å². The van der Waals surface area contributed by atoms with Gasteiger partial charge < -0.3 is 10.0 Å². The predicted octanol–water partition coefficient (Wildman–Crippen LogP) is 1.65. The molecule has 3 nitrogen and oxygen atoms in total. The second-order valence-electron chi connectivity index (χ2n) is 4.72. The van der Waals surface area contributed by atoms with Crippen LogP contribution in [0.4, 0.5) is 0 Å². The molecule has 1 amide bonds. The van der Waals surface area contributed by atoms with E-state index in [1.54, 1.807) is 0 Å². The lowest BCUT2D eigenvalue weighted by Crippen LogP contribution is -2.39. The zero-order valence-corrected chi connectivity index (χ0v) is 9.91. The van der Waals surface area contributed by atoms with Crippen LogP contribution in [0, 0.1) is 11.8 Å². The summed E-state index contributed by atoms with van der Waals surface area (Å²) in [7, 11) is 0. The van der Waals surface area contributed by atoms with Crippen molar-refractivity contribution in [3.8, 4) is 0 Å². The van der Waals surface area contributed by atoms with Crippen molar-refractivity contribution in [1.82, 2.24) is 4.90 Å². The van der Waals surface area contributed by atoms with Gasteiger partial charge in [-0.3, -0.25) is 4.79 Å². The van der Waals surface area contributed by atoms with Crippen LogP contribution in [0.1, 0.15) is 39.5 Å². The number of carbonyl (C=O) groups excluding carboxylic acids is 1. The topological polar surface area (TPSA) is 40.5 Å². The van der Waals surface area contributed by atoms with Crippen LogP contribution < -0.4 is 0 Å². The van der Waals surface area contributed by atoms with E-state index >= 15 is 0 Å². The van der Waals surface area contributed by atoms with E-state index in [1.807, 2.05) is 4.90 Å². The van der Waals surface area contributed by atoms with Crippen LogP contribution in [0.15, 0.2) is 0 Å². The molecule has 1 heterocycles. The van der Waals surface area contributed by atoms with Crippen LogP contribution in [0.5, 0.6) is 0 Å². The molecule has 1 rings (SSSR count). The number of rotatable bonds is 4. The largest absolute Gasteiger partial charge is 0.396 e. The van der Waals surface area contributed by atoms with Gasteiger partial charge in [0.2, 0.25) is 5.91 Å². The van der Waals surface area contributed by atoms with Gasteiger partial charge >= 0.3 is 0 Å². The number of aliphatic hydroxyl groups is 1. The normalized spacial score (nSPS) is 20.3. The Morgan fingerprint density at radius 1 is 1.47 bits per heavy atom. The second kappa shape index (κ2) is 6.11. The van der Waals surface area contributed by atoms with Crippen LogP contribution in [0.25, 0.3) is 0 Å². The Bertz CT molecular complexity index is 198. The van der Waals surface area contributed by atoms with Gasteiger partial charge in [0.25, 0.3) is 0 Å². The zero-order valence-electron chi connectivity index (χ0n) is 9.91. The maximum atomic E-state index is 11.8. The highest BCUT2D eigenvalue weighted by Crippen LogP contribution is 2.18. The minimum atomic E-state index is 0.271. The molecule has 1 aliphatic heterocycles. The molecular weight excluding hydrogens is 190 g/mol. The molecule has 1 N–H and O–H groups in total. The number of nitrogens with zero attached hydrogens (tertiary/aromatic N) is 1. The first kappa shape index (κ1) is 12.5. The third kappa shape index (κ3) is 3.82. The van der Waals surface area contributed by atoms with Crippen molar-refractivity contribution in [3.05, 3.63) is 0 Å². The number of amides is 1. The van der Waals surface area contributed by atoms with Crippen molar-refractivity contribution < 1.29 is 9.90 Å². The van der Waals surface area contributed by atoms with Crippen LogP contribution in [-0.4, -0.2) is 35.6 Å². The second-order valence-corrected chi connectivity index (χ2v) is 4.72. The summed E-state index contributed by atoms with van der Waals surface area (Å²) < 4.78 is 0. The third-order valence-electron chi connectivity index (χ3n) is 3.45. The molecule has 0 aromatic heterocycles. The SMILES string of the molecule is CCC(C)CC(=O)N1CCC(CO)CC1. The van der Waals surface area contributed by atoms with Gasteiger partial charge in [-0.05, 0) is 24.7 Å². The summed E-state index contributed by atoms with van der Waals surface area (Å²) in [6, 6.07) is 0. The Kier molecular flexibility index (Phi) is 5.09. The van der Waals surface area contributed by atoms with Gasteiger partial charge in [0.05, 0.1) is 0 Å². The number of piperidine rings is 1. The fourth-order valence-corrected chi connectivity index (χ4v) is 1.94. The maximum absolute atomic E-state index is 11.8. The highest BCUT2D eigenvalue weighted by Gasteiger charge is 2.22. The van der Waals surface area contributed by atoms with E-state index in [0.717, 1.165) is 32.4 Å². The fraction of sp³-hybridized carbons (Fsp3) is 0.917. The highest BCUT2D eigenvalue weighted by atomic mass is 16.3. The molecule has 0 spiro atoms. The third-order valence-corrected chi connectivity index (χ3v) is 3.45. The molecule has 0 saturated carbocycles. The number of aliphatic hydroxyl groups excluding tert-OH is 1. The molecule has 15 heavy (non-hydrogen) atoms. The molecule has 88 valence electrons. The molecule has 0 aliphatic carbocycles. The van der Waals surface area contributed by atoms with Gasteiger partial charge in [0.1, 0.15) is 0 Å². The number of carbonyl (C=O) groups is 1. The smallest absolute Gasteiger partial charge is 0.222 e. The van der Waals surface area contributed by atoms with E-state index < -0.39 is 0 Å². The summed E-state index contributed by atoms with van der Waals surface area (Å²) in [6.45, 7) is 6.18. The quantitative estimate of drug-likeness (QED) is 0.771. The lowest BCUT2D eigenvalue weighted by atomic mass is 9.96. The Morgan fingerprint density at radius 2 is 2.07 bits per heavy atom. The zero-order chi connectivity index (χ0) is 11.3. The Hall–Kier alpha value is -0.570. The van der Waals surface area contributed by atoms with Crippen molar-refractivity contribution in [2.45, 2.75) is 39.5 Å². The molecule has 1 fully saturated rings. The number of hydrogen-bond acceptors (Lipinski definition) is 2. The fourth-order valence-electron chi connectivity index (χ4n) is 1.94. The van der Waals surface area contributed by atoms with Crippen molar-refractivity contribution >= 4 is 5.91 Å². The van der Waals surface area contributed by atoms with E-state index in [1.165, 1.54) is 0 Å². The molecule has 1 aliphatic rings. The van der Waals surface area contributed by atoms with Crippen molar-refractivity contribution in [1.29, 1.82) is 0 Å². The molecule has 1 unspecified atom stereocenters. The molecule has 0 aromatic rings. The molecule has 1 saturated heterocycles. The molecule has 1 atom stereocenters. The summed E-state index contributed by atoms with van der Waals surface area (Å²) in [5, 5.41) is 9.00. The van der Waals surface area contributed by atoms with Gasteiger partial charge in [-0.25, -0.2) is 0 Å². The number of likely N-dealkylation sites (tertiary alicyclic amines) is 1. The highest BCUT2D eigenvalue weighted by molar-refractivity contribution is 5.76. The van der Waals surface area contributed by atoms with Crippen LogP contribution in [-0.2, 0) is 4.79 Å². The van der Waals surface area contributed by atoms with E-state index in [2.05, 4.69) is 13.8 Å². The molecule has 0 radical (unpaired) electrons. The molecule has 3 heteroatoms. The van der Waals surface area contributed by atoms with Crippen molar-refractivity contribution in [3.63, 3.8) is 0 Å². The van der Waals surface area contributed by atoms with Gasteiger partial charge in [0.15, 0.2) is 0 Å². The first-order valence-electron chi connectivity index (χ1n) is 6.06. The van der Waals surface area contributed by atoms with Crippen LogP contribution >= 0.6 is 0 Å². The van der Waals surface area contributed by atoms with Gasteiger partial charge in [-0.1, -0.05) is 20.3 Å². The van der Waals surface area contributed by atoms with Gasteiger partial charge in [0, 0.05) is 26.1 Å². The standard InChI is InChI=1S/C12H23NO2/c1-3-10(2)8-12(15)13-6-4-11(9-14)5-7-13/h10-11,14H,3-9H2,1-2H3. The average molecular weight is 213 g/mol. The van der Waals surface area contributed by atoms with Gasteiger partial charge in [-0.2, -0.15) is 0 Å². The van der Waals surface area contributed by atoms with E-state index in [9.17, 15) is 4.79 Å². The summed E-state index contributed by atoms with van der Waals surface area (Å²) in [5.74, 6) is 1.20. The molecular formula is C12H23NO2. The Labute approximate surface area is 92.5 Å². The lowest BCUT2D eigenvalue weighted by Gasteiger charge is -2.31. The minimum absolute atomic E-state index is 0.271. The summed E-state index contributed by atoms with van der Waals surface area (Å²) in [5.41, 5.74) is 0. The molecule has 0 aromatic carbocycles. The maximum Gasteiger partial charge on any atom is 0.222 e. The molecule has 0 bridgehead atoms. The average Bonchev–Trinajstić information content (AvgIpc) is 2.29. The first-order valence-corrected chi connectivity index (χ1v) is 6.06. The van der Waals surface area contributed by atoms with Crippen molar-refractivity contribution in [2.75, 3.05) is 19.7 Å². The van der Waals surface area contributed by atoms with E-state index in [-0.39, 0.29) is 6.61 Å². The Balaban J connectivity index is 2.30. The van der Waals surface area contributed by atoms with Gasteiger partial charge in [-0.15, -0.1) is 0 Å². The summed E-state index contributed by atoms with van der Waals surface area (Å²) >= 11 is 0.